The summed E-state index contributed by atoms with van der Waals surface area (Å²) in [6.45, 7) is 12.0. The highest BCUT2D eigenvalue weighted by Crippen LogP contribution is 2.32. The van der Waals surface area contributed by atoms with E-state index < -0.39 is 0 Å². The van der Waals surface area contributed by atoms with Crippen molar-refractivity contribution in [2.24, 2.45) is 0 Å². The van der Waals surface area contributed by atoms with E-state index in [0.29, 0.717) is 0 Å². The summed E-state index contributed by atoms with van der Waals surface area (Å²) in [5.74, 6) is 0. The Bertz CT molecular complexity index is 889. The molecule has 0 spiro atoms. The van der Waals surface area contributed by atoms with Crippen LogP contribution in [0.5, 0.6) is 0 Å². The molecule has 4 aromatic carbocycles. The maximum atomic E-state index is 2.24. The van der Waals surface area contributed by atoms with Gasteiger partial charge in [-0.2, -0.15) is 0 Å². The molecule has 0 aliphatic heterocycles. The van der Waals surface area contributed by atoms with Crippen LogP contribution >= 0.6 is 0 Å². The first-order valence-electron chi connectivity index (χ1n) is 9.89. The molecule has 0 unspecified atom stereocenters. The van der Waals surface area contributed by atoms with Crippen LogP contribution in [0, 0.1) is 0 Å². The van der Waals surface area contributed by atoms with E-state index in [1.807, 2.05) is 41.5 Å². The molecule has 0 bridgehead atoms. The van der Waals surface area contributed by atoms with Crippen molar-refractivity contribution in [2.45, 2.75) is 41.5 Å². The van der Waals surface area contributed by atoms with Gasteiger partial charge in [0.1, 0.15) is 0 Å². The van der Waals surface area contributed by atoms with Gasteiger partial charge in [0.2, 0.25) is 0 Å². The second kappa shape index (κ2) is 11.9. The first-order chi connectivity index (χ1) is 12.9. The monoisotopic (exact) mass is 344 g/mol. The molecule has 0 saturated heterocycles. The Kier molecular flexibility index (Phi) is 9.79. The fourth-order valence-corrected chi connectivity index (χ4v) is 2.91. The standard InChI is InChI=1S/C20H14.3C2H6/c1-2-7-15(8-3-1)18-11-6-12-19-17-10-5-4-9-16(17)13-14-20(18)19;3*1-2/h1-14H;3*1-2H3. The predicted octanol–water partition coefficient (Wildman–Crippen LogP) is 8.74. The molecule has 0 fully saturated rings. The Labute approximate surface area is 159 Å². The van der Waals surface area contributed by atoms with E-state index in [-0.39, 0.29) is 0 Å². The molecule has 0 aromatic heterocycles. The quantitative estimate of drug-likeness (QED) is 0.303. The van der Waals surface area contributed by atoms with E-state index in [1.54, 1.807) is 0 Å². The van der Waals surface area contributed by atoms with Crippen LogP contribution in [-0.4, -0.2) is 0 Å². The smallest absolute Gasteiger partial charge is 0.00990 e. The number of hydrogen-bond acceptors (Lipinski definition) is 0. The van der Waals surface area contributed by atoms with E-state index >= 15 is 0 Å². The molecule has 4 aromatic rings. The van der Waals surface area contributed by atoms with Gasteiger partial charge in [-0.3, -0.25) is 0 Å². The normalized spacial score (nSPS) is 9.15. The lowest BCUT2D eigenvalue weighted by Crippen LogP contribution is -1.82. The van der Waals surface area contributed by atoms with Crippen LogP contribution in [0.15, 0.2) is 84.9 Å². The summed E-state index contributed by atoms with van der Waals surface area (Å²) in [5, 5.41) is 5.26. The van der Waals surface area contributed by atoms with E-state index in [1.165, 1.54) is 32.7 Å². The first-order valence-corrected chi connectivity index (χ1v) is 9.89. The van der Waals surface area contributed by atoms with Gasteiger partial charge in [0.05, 0.1) is 0 Å². The van der Waals surface area contributed by atoms with Crippen LogP contribution in [0.4, 0.5) is 0 Å². The van der Waals surface area contributed by atoms with E-state index in [4.69, 9.17) is 0 Å². The molecular formula is C26H32. The molecule has 0 heteroatoms. The number of hydrogen-bond donors (Lipinski definition) is 0. The zero-order chi connectivity index (χ0) is 19.4. The molecule has 0 saturated carbocycles. The van der Waals surface area contributed by atoms with Gasteiger partial charge in [-0.05, 0) is 32.7 Å². The molecule has 26 heavy (non-hydrogen) atoms. The first kappa shape index (κ1) is 21.4. The highest BCUT2D eigenvalue weighted by molar-refractivity contribution is 6.11. The summed E-state index contributed by atoms with van der Waals surface area (Å²) in [7, 11) is 0. The zero-order valence-electron chi connectivity index (χ0n) is 17.1. The molecule has 0 amide bonds. The van der Waals surface area contributed by atoms with Crippen LogP contribution in [0.3, 0.4) is 0 Å². The molecular weight excluding hydrogens is 312 g/mol. The Balaban J connectivity index is 0.000000515. The molecule has 0 heterocycles. The van der Waals surface area contributed by atoms with Gasteiger partial charge < -0.3 is 0 Å². The van der Waals surface area contributed by atoms with Crippen LogP contribution in [0.2, 0.25) is 0 Å². The lowest BCUT2D eigenvalue weighted by molar-refractivity contribution is 1.50. The minimum absolute atomic E-state index is 1.27. The lowest BCUT2D eigenvalue weighted by atomic mass is 9.95. The van der Waals surface area contributed by atoms with Crippen molar-refractivity contribution < 1.29 is 0 Å². The predicted molar refractivity (Wildman–Crippen MR) is 121 cm³/mol. The van der Waals surface area contributed by atoms with Crippen LogP contribution in [0.25, 0.3) is 32.7 Å². The molecule has 0 aliphatic carbocycles. The summed E-state index contributed by atoms with van der Waals surface area (Å²) >= 11 is 0. The Morgan fingerprint density at radius 3 is 1.65 bits per heavy atom. The number of rotatable bonds is 1. The third-order valence-electron chi connectivity index (χ3n) is 3.87. The maximum absolute atomic E-state index is 2.24. The van der Waals surface area contributed by atoms with Crippen LogP contribution in [-0.2, 0) is 0 Å². The molecule has 4 rings (SSSR count). The second-order valence-electron chi connectivity index (χ2n) is 5.05. The average molecular weight is 345 g/mol. The summed E-state index contributed by atoms with van der Waals surface area (Å²) in [4.78, 5) is 0. The average Bonchev–Trinajstić information content (AvgIpc) is 2.78. The molecule has 0 atom stereocenters. The lowest BCUT2D eigenvalue weighted by Gasteiger charge is -2.09. The van der Waals surface area contributed by atoms with Crippen molar-refractivity contribution in [3.05, 3.63) is 84.9 Å². The van der Waals surface area contributed by atoms with Crippen LogP contribution in [0.1, 0.15) is 41.5 Å². The topological polar surface area (TPSA) is 0 Å². The zero-order valence-corrected chi connectivity index (χ0v) is 17.1. The summed E-state index contributed by atoms with van der Waals surface area (Å²) in [6.07, 6.45) is 0. The summed E-state index contributed by atoms with van der Waals surface area (Å²) < 4.78 is 0. The minimum Gasteiger partial charge on any atom is -0.0683 e. The van der Waals surface area contributed by atoms with Crippen molar-refractivity contribution in [2.75, 3.05) is 0 Å². The second-order valence-corrected chi connectivity index (χ2v) is 5.05. The van der Waals surface area contributed by atoms with Gasteiger partial charge >= 0.3 is 0 Å². The SMILES string of the molecule is CC.CC.CC.c1ccc(-c2cccc3c2ccc2ccccc23)cc1. The fraction of sp³-hybridized carbons (Fsp3) is 0.231. The maximum Gasteiger partial charge on any atom is -0.00990 e. The third-order valence-corrected chi connectivity index (χ3v) is 3.87. The number of benzene rings is 4. The van der Waals surface area contributed by atoms with E-state index in [2.05, 4.69) is 84.9 Å². The van der Waals surface area contributed by atoms with E-state index in [9.17, 15) is 0 Å². The van der Waals surface area contributed by atoms with Gasteiger partial charge in [-0.15, -0.1) is 0 Å². The van der Waals surface area contributed by atoms with Gasteiger partial charge in [0.15, 0.2) is 0 Å². The molecule has 136 valence electrons. The Morgan fingerprint density at radius 1 is 0.385 bits per heavy atom. The van der Waals surface area contributed by atoms with Crippen LogP contribution < -0.4 is 0 Å². The Hall–Kier alpha value is -2.60. The molecule has 0 nitrogen and oxygen atoms in total. The summed E-state index contributed by atoms with van der Waals surface area (Å²) in [5.41, 5.74) is 2.57. The van der Waals surface area contributed by atoms with Gasteiger partial charge in [-0.25, -0.2) is 0 Å². The summed E-state index contributed by atoms with van der Waals surface area (Å²) in [6, 6.07) is 30.2. The molecule has 0 radical (unpaired) electrons. The van der Waals surface area contributed by atoms with Gasteiger partial charge in [0, 0.05) is 0 Å². The third kappa shape index (κ3) is 4.73. The van der Waals surface area contributed by atoms with Crippen molar-refractivity contribution in [1.29, 1.82) is 0 Å². The molecule has 0 N–H and O–H groups in total. The van der Waals surface area contributed by atoms with Crippen molar-refractivity contribution in [3.63, 3.8) is 0 Å². The fourth-order valence-electron chi connectivity index (χ4n) is 2.91. The van der Waals surface area contributed by atoms with Gasteiger partial charge in [0.25, 0.3) is 0 Å². The van der Waals surface area contributed by atoms with Crippen molar-refractivity contribution >= 4 is 21.5 Å². The largest absolute Gasteiger partial charge is 0.0683 e. The number of fused-ring (bicyclic) bond motifs is 3. The minimum atomic E-state index is 1.27. The van der Waals surface area contributed by atoms with Crippen molar-refractivity contribution in [1.82, 2.24) is 0 Å². The highest BCUT2D eigenvalue weighted by Gasteiger charge is 2.05. The molecule has 0 aliphatic rings. The van der Waals surface area contributed by atoms with Gasteiger partial charge in [-0.1, -0.05) is 126 Å². The Morgan fingerprint density at radius 2 is 0.962 bits per heavy atom. The van der Waals surface area contributed by atoms with Crippen molar-refractivity contribution in [3.8, 4) is 11.1 Å². The van der Waals surface area contributed by atoms with E-state index in [0.717, 1.165) is 0 Å². The highest BCUT2D eigenvalue weighted by atomic mass is 14.1.